The first-order chi connectivity index (χ1) is 12.2. The number of nitrogens with one attached hydrogen (secondary N) is 1. The molecule has 0 aromatic heterocycles. The Hall–Kier alpha value is -1.80. The molecule has 0 fully saturated rings. The van der Waals surface area contributed by atoms with Gasteiger partial charge in [0, 0.05) is 9.37 Å². The van der Waals surface area contributed by atoms with Crippen molar-refractivity contribution in [2.45, 2.75) is 24.9 Å². The summed E-state index contributed by atoms with van der Waals surface area (Å²) in [5.41, 5.74) is 4.25. The lowest BCUT2D eigenvalue weighted by atomic mass is 10.1. The van der Waals surface area contributed by atoms with Crippen molar-refractivity contribution < 1.29 is 18.0 Å². The number of carbonyl (C=O) groups is 1. The van der Waals surface area contributed by atoms with E-state index in [0.717, 1.165) is 32.6 Å². The molecule has 0 aliphatic heterocycles. The lowest BCUT2D eigenvalue weighted by molar-refractivity contribution is -0.137. The topological polar surface area (TPSA) is 41.5 Å². The van der Waals surface area contributed by atoms with Gasteiger partial charge in [0.1, 0.15) is 0 Å². The maximum atomic E-state index is 12.5. The Morgan fingerprint density at radius 3 is 2.46 bits per heavy atom. The number of hydrogen-bond donors (Lipinski definition) is 1. The van der Waals surface area contributed by atoms with Crippen molar-refractivity contribution in [2.24, 2.45) is 5.10 Å². The van der Waals surface area contributed by atoms with Crippen LogP contribution in [0.15, 0.2) is 50.9 Å². The summed E-state index contributed by atoms with van der Waals surface area (Å²) < 4.78 is 38.5. The van der Waals surface area contributed by atoms with Gasteiger partial charge in [0.15, 0.2) is 0 Å². The first kappa shape index (κ1) is 20.5. The van der Waals surface area contributed by atoms with E-state index >= 15 is 0 Å². The average Bonchev–Trinajstić information content (AvgIpc) is 2.56. The number of hydrazone groups is 1. The number of alkyl halides is 3. The number of benzene rings is 2. The van der Waals surface area contributed by atoms with Crippen LogP contribution in [-0.4, -0.2) is 17.9 Å². The lowest BCUT2D eigenvalue weighted by Gasteiger charge is -2.08. The van der Waals surface area contributed by atoms with Crippen molar-refractivity contribution in [3.05, 3.63) is 63.1 Å². The van der Waals surface area contributed by atoms with Crippen LogP contribution in [0.4, 0.5) is 13.2 Å². The molecule has 1 amide bonds. The smallest absolute Gasteiger partial charge is 0.272 e. The standard InChI is InChI=1S/C18H16BrF3N2OS/c1-11-8-16(12(2)7-15(11)19)26-10-17(25)24-23-9-13-3-5-14(6-4-13)18(20,21)22/h3-9H,10H2,1-2H3,(H,24,25)/b23-9+. The van der Waals surface area contributed by atoms with Crippen LogP contribution in [0.25, 0.3) is 0 Å². The van der Waals surface area contributed by atoms with Crippen LogP contribution in [0.2, 0.25) is 0 Å². The Kier molecular flexibility index (Phi) is 6.88. The predicted molar refractivity (Wildman–Crippen MR) is 102 cm³/mol. The third kappa shape index (κ3) is 5.88. The summed E-state index contributed by atoms with van der Waals surface area (Å²) >= 11 is 4.86. The first-order valence-corrected chi connectivity index (χ1v) is 9.33. The summed E-state index contributed by atoms with van der Waals surface area (Å²) in [6, 6.07) is 8.53. The van der Waals surface area contributed by atoms with Crippen LogP contribution < -0.4 is 5.43 Å². The minimum atomic E-state index is -4.37. The number of rotatable bonds is 5. The Bertz CT molecular complexity index is 820. The van der Waals surface area contributed by atoms with Crippen molar-refractivity contribution in [1.82, 2.24) is 5.43 Å². The highest BCUT2D eigenvalue weighted by Gasteiger charge is 2.29. The molecule has 0 unspecified atom stereocenters. The van der Waals surface area contributed by atoms with Crippen molar-refractivity contribution in [3.63, 3.8) is 0 Å². The van der Waals surface area contributed by atoms with Gasteiger partial charge in [-0.15, -0.1) is 11.8 Å². The Morgan fingerprint density at radius 2 is 1.85 bits per heavy atom. The summed E-state index contributed by atoms with van der Waals surface area (Å²) in [7, 11) is 0. The van der Waals surface area contributed by atoms with E-state index < -0.39 is 11.7 Å². The number of amides is 1. The second kappa shape index (κ2) is 8.73. The maximum absolute atomic E-state index is 12.5. The number of carbonyl (C=O) groups excluding carboxylic acids is 1. The molecule has 2 aromatic rings. The van der Waals surface area contributed by atoms with Gasteiger partial charge in [0.25, 0.3) is 0 Å². The van der Waals surface area contributed by atoms with Gasteiger partial charge in [-0.25, -0.2) is 5.43 Å². The molecule has 0 bridgehead atoms. The van der Waals surface area contributed by atoms with Crippen LogP contribution in [-0.2, 0) is 11.0 Å². The quantitative estimate of drug-likeness (QED) is 0.384. The molecule has 0 heterocycles. The fourth-order valence-electron chi connectivity index (χ4n) is 2.02. The van der Waals surface area contributed by atoms with E-state index in [1.165, 1.54) is 30.1 Å². The number of aryl methyl sites for hydroxylation is 2. The lowest BCUT2D eigenvalue weighted by Crippen LogP contribution is -2.19. The van der Waals surface area contributed by atoms with E-state index in [2.05, 4.69) is 26.5 Å². The molecule has 2 aromatic carbocycles. The molecular weight excluding hydrogens is 429 g/mol. The molecule has 0 saturated heterocycles. The van der Waals surface area contributed by atoms with Gasteiger partial charge in [-0.2, -0.15) is 18.3 Å². The van der Waals surface area contributed by atoms with Crippen LogP contribution in [0, 0.1) is 13.8 Å². The van der Waals surface area contributed by atoms with E-state index in [1.54, 1.807) is 0 Å². The molecule has 0 spiro atoms. The van der Waals surface area contributed by atoms with E-state index in [0.29, 0.717) is 5.56 Å². The van der Waals surface area contributed by atoms with E-state index in [1.807, 2.05) is 26.0 Å². The van der Waals surface area contributed by atoms with Crippen molar-refractivity contribution in [3.8, 4) is 0 Å². The third-order valence-electron chi connectivity index (χ3n) is 3.46. The first-order valence-electron chi connectivity index (χ1n) is 7.55. The number of hydrogen-bond acceptors (Lipinski definition) is 3. The van der Waals surface area contributed by atoms with Crippen LogP contribution >= 0.6 is 27.7 Å². The zero-order valence-corrected chi connectivity index (χ0v) is 16.4. The largest absolute Gasteiger partial charge is 0.416 e. The molecule has 1 N–H and O–H groups in total. The van der Waals surface area contributed by atoms with E-state index in [4.69, 9.17) is 0 Å². The number of nitrogens with zero attached hydrogens (tertiary/aromatic N) is 1. The zero-order valence-electron chi connectivity index (χ0n) is 14.0. The van der Waals surface area contributed by atoms with Crippen LogP contribution in [0.5, 0.6) is 0 Å². The Balaban J connectivity index is 1.87. The predicted octanol–water partition coefficient (Wildman–Crippen LogP) is 5.33. The van der Waals surface area contributed by atoms with Crippen LogP contribution in [0.1, 0.15) is 22.3 Å². The highest BCUT2D eigenvalue weighted by molar-refractivity contribution is 9.10. The molecule has 0 aliphatic rings. The molecule has 26 heavy (non-hydrogen) atoms. The molecule has 3 nitrogen and oxygen atoms in total. The summed E-state index contributed by atoms with van der Waals surface area (Å²) in [5, 5.41) is 3.77. The maximum Gasteiger partial charge on any atom is 0.416 e. The molecule has 0 radical (unpaired) electrons. The van der Waals surface area contributed by atoms with Gasteiger partial charge in [-0.1, -0.05) is 28.1 Å². The molecule has 0 atom stereocenters. The van der Waals surface area contributed by atoms with Crippen molar-refractivity contribution in [2.75, 3.05) is 5.75 Å². The highest BCUT2D eigenvalue weighted by Crippen LogP contribution is 2.29. The SMILES string of the molecule is Cc1cc(SCC(=O)N/N=C/c2ccc(C(F)(F)F)cc2)c(C)cc1Br. The monoisotopic (exact) mass is 444 g/mol. The second-order valence-electron chi connectivity index (χ2n) is 5.57. The minimum Gasteiger partial charge on any atom is -0.272 e. The molecule has 0 saturated carbocycles. The Labute approximate surface area is 162 Å². The fraction of sp³-hybridized carbons (Fsp3) is 0.222. The van der Waals surface area contributed by atoms with Gasteiger partial charge in [-0.3, -0.25) is 4.79 Å². The van der Waals surface area contributed by atoms with Gasteiger partial charge in [-0.05, 0) is 54.8 Å². The van der Waals surface area contributed by atoms with Crippen molar-refractivity contribution in [1.29, 1.82) is 0 Å². The van der Waals surface area contributed by atoms with Gasteiger partial charge in [0.05, 0.1) is 17.5 Å². The molecule has 138 valence electrons. The fourth-order valence-corrected chi connectivity index (χ4v) is 3.38. The summed E-state index contributed by atoms with van der Waals surface area (Å²) in [6.07, 6.45) is -3.07. The van der Waals surface area contributed by atoms with Gasteiger partial charge in [0.2, 0.25) is 5.91 Å². The number of thioether (sulfide) groups is 1. The minimum absolute atomic E-state index is 0.187. The molecular formula is C18H16BrF3N2OS. The number of halogens is 4. The summed E-state index contributed by atoms with van der Waals surface area (Å²) in [5.74, 6) is -0.107. The van der Waals surface area contributed by atoms with Crippen LogP contribution in [0.3, 0.4) is 0 Å². The summed E-state index contributed by atoms with van der Waals surface area (Å²) in [6.45, 7) is 3.94. The highest BCUT2D eigenvalue weighted by atomic mass is 79.9. The van der Waals surface area contributed by atoms with Crippen molar-refractivity contribution >= 4 is 39.8 Å². The van der Waals surface area contributed by atoms with E-state index in [-0.39, 0.29) is 11.7 Å². The zero-order chi connectivity index (χ0) is 19.3. The van der Waals surface area contributed by atoms with Gasteiger partial charge >= 0.3 is 6.18 Å². The third-order valence-corrected chi connectivity index (χ3v) is 5.47. The van der Waals surface area contributed by atoms with Gasteiger partial charge < -0.3 is 0 Å². The molecule has 0 aliphatic carbocycles. The van der Waals surface area contributed by atoms with E-state index in [9.17, 15) is 18.0 Å². The molecule has 2 rings (SSSR count). The summed E-state index contributed by atoms with van der Waals surface area (Å²) in [4.78, 5) is 12.9. The Morgan fingerprint density at radius 1 is 1.19 bits per heavy atom. The average molecular weight is 445 g/mol. The second-order valence-corrected chi connectivity index (χ2v) is 7.44. The molecule has 8 heteroatoms. The normalized spacial score (nSPS) is 11.8.